The number of nitrogens with zero attached hydrogens (tertiary/aromatic N) is 6. The second kappa shape index (κ2) is 10.8. The van der Waals surface area contributed by atoms with Gasteiger partial charge in [0.05, 0.1) is 34.7 Å². The van der Waals surface area contributed by atoms with Crippen LogP contribution < -0.4 is 16.4 Å². The van der Waals surface area contributed by atoms with Gasteiger partial charge in [0.25, 0.3) is 0 Å². The third-order valence-corrected chi connectivity index (χ3v) is 8.24. The Morgan fingerprint density at radius 1 is 0.756 bits per heavy atom. The highest BCUT2D eigenvalue weighted by atomic mass is 15.4. The fourth-order valence-electron chi connectivity index (χ4n) is 5.95. The maximum absolute atomic E-state index is 7.09. The monoisotopic (exact) mass is 603 g/mol. The first-order valence-electron chi connectivity index (χ1n) is 15.6. The number of allylic oxidation sites excluding steroid dienone is 5. The molecule has 6 heterocycles. The molecule has 0 amide bonds. The molecule has 0 bridgehead atoms. The topological polar surface area (TPSA) is 110 Å². The van der Waals surface area contributed by atoms with E-state index in [2.05, 4.69) is 97.3 Å². The molecule has 9 nitrogen and oxygen atoms in total. The second-order valence-electron chi connectivity index (χ2n) is 15.0. The largest absolute Gasteiger partial charge is 0.401 e. The average molecular weight is 604 g/mol. The lowest BCUT2D eigenvalue weighted by molar-refractivity contribution is 0.498. The van der Waals surface area contributed by atoms with Crippen molar-refractivity contribution in [3.63, 3.8) is 0 Å². The summed E-state index contributed by atoms with van der Waals surface area (Å²) in [5.41, 5.74) is 14.0. The normalized spacial score (nSPS) is 19.2. The Hall–Kier alpha value is -4.66. The first-order chi connectivity index (χ1) is 21.2. The smallest absolute Gasteiger partial charge is 0.169 e. The van der Waals surface area contributed by atoms with E-state index in [1.165, 1.54) is 0 Å². The van der Waals surface area contributed by atoms with Gasteiger partial charge in [0.15, 0.2) is 17.1 Å². The van der Waals surface area contributed by atoms with Crippen LogP contribution in [0.4, 0.5) is 0 Å². The predicted octanol–water partition coefficient (Wildman–Crippen LogP) is 6.56. The van der Waals surface area contributed by atoms with Crippen molar-refractivity contribution < 1.29 is 0 Å². The van der Waals surface area contributed by atoms with Crippen LogP contribution in [0.3, 0.4) is 0 Å². The number of aromatic nitrogens is 6. The maximum Gasteiger partial charge on any atom is 0.169 e. The minimum absolute atomic E-state index is 0.115. The number of rotatable bonds is 4. The molecule has 0 saturated heterocycles. The number of nitrogens with one attached hydrogen (secondary N) is 2. The van der Waals surface area contributed by atoms with Crippen LogP contribution in [0.5, 0.6) is 0 Å². The molecule has 2 unspecified atom stereocenters. The van der Waals surface area contributed by atoms with Gasteiger partial charge in [0.1, 0.15) is 0 Å². The number of dihydropyridines is 2. The summed E-state index contributed by atoms with van der Waals surface area (Å²) in [5, 5.41) is 17.9. The van der Waals surface area contributed by atoms with Gasteiger partial charge in [-0.1, -0.05) is 92.7 Å². The van der Waals surface area contributed by atoms with Crippen LogP contribution in [0.1, 0.15) is 108 Å². The highest BCUT2D eigenvalue weighted by Crippen LogP contribution is 2.40. The molecule has 9 heteroatoms. The van der Waals surface area contributed by atoms with Gasteiger partial charge < -0.3 is 16.4 Å². The summed E-state index contributed by atoms with van der Waals surface area (Å²) >= 11 is 0. The zero-order valence-corrected chi connectivity index (χ0v) is 27.8. The van der Waals surface area contributed by atoms with E-state index in [9.17, 15) is 0 Å². The summed E-state index contributed by atoms with van der Waals surface area (Å²) in [6, 6.07) is 5.65. The van der Waals surface area contributed by atoms with Gasteiger partial charge >= 0.3 is 0 Å². The molecule has 0 fully saturated rings. The molecule has 45 heavy (non-hydrogen) atoms. The Balaban J connectivity index is 1.87. The van der Waals surface area contributed by atoms with E-state index in [0.717, 1.165) is 45.1 Å². The lowest BCUT2D eigenvalue weighted by Gasteiger charge is -2.24. The lowest BCUT2D eigenvalue weighted by Crippen LogP contribution is -2.23. The minimum atomic E-state index is -0.369. The number of hydrogen-bond acceptors (Lipinski definition) is 7. The van der Waals surface area contributed by atoms with Crippen LogP contribution in [-0.4, -0.2) is 29.2 Å². The zero-order valence-electron chi connectivity index (χ0n) is 27.8. The van der Waals surface area contributed by atoms with Crippen LogP contribution in [0.25, 0.3) is 16.9 Å². The van der Waals surface area contributed by atoms with E-state index < -0.39 is 0 Å². The van der Waals surface area contributed by atoms with Crippen LogP contribution in [0.15, 0.2) is 78.9 Å². The van der Waals surface area contributed by atoms with Gasteiger partial charge in [0.2, 0.25) is 0 Å². The Labute approximate surface area is 265 Å². The predicted molar refractivity (Wildman–Crippen MR) is 181 cm³/mol. The Morgan fingerprint density at radius 2 is 1.33 bits per heavy atom. The quantitative estimate of drug-likeness (QED) is 0.242. The molecule has 2 atom stereocenters. The summed E-state index contributed by atoms with van der Waals surface area (Å²) < 4.78 is 3.95. The van der Waals surface area contributed by atoms with Crippen molar-refractivity contribution in [1.29, 1.82) is 0 Å². The van der Waals surface area contributed by atoms with Gasteiger partial charge in [0, 0.05) is 39.3 Å². The summed E-state index contributed by atoms with van der Waals surface area (Å²) in [4.78, 5) is 10.3. The first-order valence-corrected chi connectivity index (χ1v) is 15.6. The average Bonchev–Trinajstić information content (AvgIpc) is 3.58. The number of fused-ring (bicyclic) bond motifs is 3. The van der Waals surface area contributed by atoms with Crippen molar-refractivity contribution in [2.75, 3.05) is 0 Å². The van der Waals surface area contributed by atoms with E-state index in [-0.39, 0.29) is 28.3 Å². The van der Waals surface area contributed by atoms with Crippen LogP contribution in [0.2, 0.25) is 0 Å². The van der Waals surface area contributed by atoms with Gasteiger partial charge in [-0.2, -0.15) is 19.2 Å². The van der Waals surface area contributed by atoms with E-state index in [1.807, 2.05) is 51.8 Å². The van der Waals surface area contributed by atoms with Crippen molar-refractivity contribution in [3.05, 3.63) is 113 Å². The van der Waals surface area contributed by atoms with Gasteiger partial charge in [-0.05, 0) is 36.7 Å². The highest BCUT2D eigenvalue weighted by Gasteiger charge is 2.36. The maximum atomic E-state index is 7.09. The lowest BCUT2D eigenvalue weighted by atomic mass is 9.86. The fraction of sp³-hybridized carbons (Fsp3) is 0.389. The first kappa shape index (κ1) is 30.4. The van der Waals surface area contributed by atoms with E-state index in [0.29, 0.717) is 11.5 Å². The molecule has 0 radical (unpaired) electrons. The summed E-state index contributed by atoms with van der Waals surface area (Å²) in [6.45, 7) is 19.5. The molecule has 2 aliphatic heterocycles. The summed E-state index contributed by atoms with van der Waals surface area (Å²) in [6.07, 6.45) is 18.2. The molecule has 4 aromatic rings. The van der Waals surface area contributed by atoms with Crippen molar-refractivity contribution in [3.8, 4) is 0 Å². The Bertz CT molecular complexity index is 1910. The highest BCUT2D eigenvalue weighted by molar-refractivity contribution is 5.80. The molecule has 4 N–H and O–H groups in total. The standard InChI is InChI=1S/C36H45N9/c1-34(2,3)28(37)25(22-16-10-13-19-38-22)31-41-32-26(23-17-11-14-20-39-23)29(35(4,5)6)42-45(32)33-27(24-18-12-15-21-40-24)30(36(7,8)9)43-44(31)33/h10-21,23-24,39-40H,37H2,1-9H3. The molecule has 0 aliphatic carbocycles. The van der Waals surface area contributed by atoms with Crippen molar-refractivity contribution >= 4 is 16.9 Å². The Morgan fingerprint density at radius 3 is 1.84 bits per heavy atom. The van der Waals surface area contributed by atoms with Crippen LogP contribution in [0, 0.1) is 5.41 Å². The van der Waals surface area contributed by atoms with Crippen molar-refractivity contribution in [2.24, 2.45) is 11.1 Å². The number of hydrogen-bond donors (Lipinski definition) is 3. The summed E-state index contributed by atoms with van der Waals surface area (Å²) in [5.74, 6) is 0.632. The molecular formula is C36H45N9. The number of pyridine rings is 1. The van der Waals surface area contributed by atoms with Gasteiger partial charge in [-0.15, -0.1) is 0 Å². The van der Waals surface area contributed by atoms with E-state index >= 15 is 0 Å². The van der Waals surface area contributed by atoms with Gasteiger partial charge in [-0.3, -0.25) is 4.98 Å². The summed E-state index contributed by atoms with van der Waals surface area (Å²) in [7, 11) is 0. The second-order valence-corrected chi connectivity index (χ2v) is 15.0. The Kier molecular flexibility index (Phi) is 7.26. The van der Waals surface area contributed by atoms with Crippen LogP contribution in [-0.2, 0) is 10.8 Å². The van der Waals surface area contributed by atoms with E-state index in [4.69, 9.17) is 25.9 Å². The van der Waals surface area contributed by atoms with Crippen molar-refractivity contribution in [2.45, 2.75) is 85.2 Å². The SMILES string of the molecule is CC(C)(C)C(N)=C(c1ccccn1)c1nc2c(C3C=CC=CN3)c(C(C)(C)C)nn2c2c(C3C=CC=CN3)c(C(C)(C)C)nn12. The van der Waals surface area contributed by atoms with E-state index in [1.54, 1.807) is 6.20 Å². The molecule has 4 aromatic heterocycles. The molecule has 6 rings (SSSR count). The zero-order chi connectivity index (χ0) is 32.3. The third-order valence-electron chi connectivity index (χ3n) is 8.24. The van der Waals surface area contributed by atoms with Crippen molar-refractivity contribution in [1.82, 2.24) is 39.8 Å². The molecule has 0 saturated carbocycles. The number of nitrogens with two attached hydrogens (primary N) is 1. The fourth-order valence-corrected chi connectivity index (χ4v) is 5.95. The molecule has 0 spiro atoms. The molecule has 2 aliphatic rings. The van der Waals surface area contributed by atoms with Gasteiger partial charge in [-0.25, -0.2) is 4.98 Å². The molecular weight excluding hydrogens is 558 g/mol. The molecule has 234 valence electrons. The molecule has 0 aromatic carbocycles. The minimum Gasteiger partial charge on any atom is -0.401 e. The van der Waals surface area contributed by atoms with Crippen LogP contribution >= 0.6 is 0 Å². The third kappa shape index (κ3) is 5.34.